The molecule has 0 bridgehead atoms. The van der Waals surface area contributed by atoms with Crippen LogP contribution in [0.25, 0.3) is 0 Å². The number of aliphatic hydroxyl groups is 2. The number of halogens is 1. The predicted octanol–water partition coefficient (Wildman–Crippen LogP) is 2.27. The molecule has 0 aromatic rings. The highest BCUT2D eigenvalue weighted by Gasteiger charge is 2.77. The standard InChI is InChI=1S/C24H31FO6/c1-21(2)30-19-9-14-13-8-16(25)15-7-12(27)5-6-22(15,3)20(13)17(28)10-23(14,4)24(19,31-21)18(29)11-26/h5-7,13-14,16-17,19-20,26,28H,8-11H2,1-4H3/t13-,14-,16-,17-,19+,20+,22-,23-,24?/m0/s1. The van der Waals surface area contributed by atoms with Crippen LogP contribution in [0.5, 0.6) is 0 Å². The highest BCUT2D eigenvalue weighted by atomic mass is 19.1. The van der Waals surface area contributed by atoms with Gasteiger partial charge in [-0.2, -0.15) is 0 Å². The van der Waals surface area contributed by atoms with Gasteiger partial charge in [-0.3, -0.25) is 9.59 Å². The van der Waals surface area contributed by atoms with E-state index in [4.69, 9.17) is 9.47 Å². The Morgan fingerprint density at radius 2 is 1.97 bits per heavy atom. The fraction of sp³-hybridized carbons (Fsp3) is 0.750. The molecule has 1 aliphatic heterocycles. The smallest absolute Gasteiger partial charge is 0.193 e. The van der Waals surface area contributed by atoms with Gasteiger partial charge in [-0.25, -0.2) is 4.39 Å². The number of ketones is 2. The van der Waals surface area contributed by atoms with Gasteiger partial charge < -0.3 is 19.7 Å². The number of carbonyl (C=O) groups excluding carboxylic acids is 2. The Labute approximate surface area is 181 Å². The SMILES string of the molecule is CC1(C)O[C@@H]2C[C@H]3[C@@H]4C[C@H](F)C5=CC(=O)C=C[C@]5(C)[C@H]4[C@@H](O)C[C@]3(C)C2(C(=O)CO)O1. The van der Waals surface area contributed by atoms with Crippen molar-refractivity contribution in [2.75, 3.05) is 6.61 Å². The molecule has 0 aromatic heterocycles. The van der Waals surface area contributed by atoms with E-state index in [-0.39, 0.29) is 36.4 Å². The molecule has 0 amide bonds. The lowest BCUT2D eigenvalue weighted by Crippen LogP contribution is -2.64. The number of hydrogen-bond acceptors (Lipinski definition) is 6. The Morgan fingerprint density at radius 1 is 1.26 bits per heavy atom. The highest BCUT2D eigenvalue weighted by Crippen LogP contribution is 2.70. The summed E-state index contributed by atoms with van der Waals surface area (Å²) in [4.78, 5) is 25.1. The minimum Gasteiger partial charge on any atom is -0.393 e. The van der Waals surface area contributed by atoms with Crippen molar-refractivity contribution in [3.63, 3.8) is 0 Å². The molecule has 7 heteroatoms. The molecule has 1 heterocycles. The van der Waals surface area contributed by atoms with Crippen molar-refractivity contribution < 1.29 is 33.7 Å². The van der Waals surface area contributed by atoms with Crippen LogP contribution in [0.4, 0.5) is 4.39 Å². The molecule has 0 spiro atoms. The van der Waals surface area contributed by atoms with Gasteiger partial charge in [0.2, 0.25) is 0 Å². The van der Waals surface area contributed by atoms with Gasteiger partial charge in [0.15, 0.2) is 23.0 Å². The van der Waals surface area contributed by atoms with Crippen LogP contribution in [0.2, 0.25) is 0 Å². The third-order valence-electron chi connectivity index (χ3n) is 9.03. The van der Waals surface area contributed by atoms with Crippen molar-refractivity contribution in [3.05, 3.63) is 23.8 Å². The van der Waals surface area contributed by atoms with Gasteiger partial charge in [-0.05, 0) is 62.7 Å². The molecule has 1 unspecified atom stereocenters. The Morgan fingerprint density at radius 3 is 2.65 bits per heavy atom. The van der Waals surface area contributed by atoms with Crippen LogP contribution in [0, 0.1) is 28.6 Å². The fourth-order valence-electron chi connectivity index (χ4n) is 8.05. The summed E-state index contributed by atoms with van der Waals surface area (Å²) in [6.45, 7) is 6.65. The van der Waals surface area contributed by atoms with Gasteiger partial charge in [0, 0.05) is 16.7 Å². The number of fused-ring (bicyclic) bond motifs is 7. The lowest BCUT2D eigenvalue weighted by Gasteiger charge is -2.60. The summed E-state index contributed by atoms with van der Waals surface area (Å²) >= 11 is 0. The second-order valence-corrected chi connectivity index (χ2v) is 11.0. The number of carbonyl (C=O) groups is 2. The topological polar surface area (TPSA) is 93.1 Å². The van der Waals surface area contributed by atoms with E-state index < -0.39 is 53.0 Å². The van der Waals surface area contributed by atoms with Gasteiger partial charge in [-0.15, -0.1) is 0 Å². The first-order chi connectivity index (χ1) is 14.4. The summed E-state index contributed by atoms with van der Waals surface area (Å²) in [6.07, 6.45) is 2.90. The largest absolute Gasteiger partial charge is 0.393 e. The second-order valence-electron chi connectivity index (χ2n) is 11.0. The molecule has 1 saturated heterocycles. The molecule has 5 aliphatic rings. The fourth-order valence-corrected chi connectivity index (χ4v) is 8.05. The van der Waals surface area contributed by atoms with Crippen LogP contribution in [0.1, 0.15) is 47.0 Å². The summed E-state index contributed by atoms with van der Waals surface area (Å²) in [5.74, 6) is -2.28. The minimum atomic E-state index is -1.37. The number of alkyl halides is 1. The Balaban J connectivity index is 1.62. The van der Waals surface area contributed by atoms with E-state index in [1.807, 2.05) is 13.8 Å². The quantitative estimate of drug-likeness (QED) is 0.693. The number of allylic oxidation sites excluding steroid dienone is 4. The summed E-state index contributed by atoms with van der Waals surface area (Å²) in [5, 5.41) is 21.3. The number of aliphatic hydroxyl groups excluding tert-OH is 2. The number of hydrogen-bond donors (Lipinski definition) is 2. The molecule has 4 fully saturated rings. The van der Waals surface area contributed by atoms with E-state index in [0.717, 1.165) is 0 Å². The first kappa shape index (κ1) is 21.4. The Hall–Kier alpha value is -1.41. The van der Waals surface area contributed by atoms with Gasteiger partial charge in [0.25, 0.3) is 0 Å². The average molecular weight is 435 g/mol. The maximum Gasteiger partial charge on any atom is 0.193 e. The van der Waals surface area contributed by atoms with Crippen LogP contribution in [-0.2, 0) is 19.1 Å². The lowest BCUT2D eigenvalue weighted by molar-refractivity contribution is -0.226. The summed E-state index contributed by atoms with van der Waals surface area (Å²) < 4.78 is 27.9. The zero-order chi connectivity index (χ0) is 22.6. The molecule has 31 heavy (non-hydrogen) atoms. The van der Waals surface area contributed by atoms with Crippen molar-refractivity contribution in [2.45, 2.75) is 76.7 Å². The molecular formula is C24H31FO6. The van der Waals surface area contributed by atoms with Crippen LogP contribution in [0.3, 0.4) is 0 Å². The summed E-state index contributed by atoms with van der Waals surface area (Å²) in [7, 11) is 0. The van der Waals surface area contributed by atoms with E-state index in [1.165, 1.54) is 12.2 Å². The molecule has 3 saturated carbocycles. The Kier molecular flexibility index (Phi) is 4.38. The number of rotatable bonds is 2. The molecule has 0 aromatic carbocycles. The zero-order valence-electron chi connectivity index (χ0n) is 18.4. The molecular weight excluding hydrogens is 403 g/mol. The van der Waals surface area contributed by atoms with Crippen molar-refractivity contribution in [2.24, 2.45) is 28.6 Å². The maximum absolute atomic E-state index is 15.4. The molecule has 5 rings (SSSR count). The normalized spacial score (nSPS) is 52.1. The monoisotopic (exact) mass is 434 g/mol. The van der Waals surface area contributed by atoms with E-state index in [0.29, 0.717) is 12.0 Å². The van der Waals surface area contributed by atoms with Crippen molar-refractivity contribution in [1.82, 2.24) is 0 Å². The van der Waals surface area contributed by atoms with E-state index in [9.17, 15) is 19.8 Å². The number of ether oxygens (including phenoxy) is 2. The Bertz CT molecular complexity index is 910. The van der Waals surface area contributed by atoms with Gasteiger partial charge >= 0.3 is 0 Å². The first-order valence-electron chi connectivity index (χ1n) is 11.2. The zero-order valence-corrected chi connectivity index (χ0v) is 18.4. The molecule has 2 N–H and O–H groups in total. The molecule has 170 valence electrons. The predicted molar refractivity (Wildman–Crippen MR) is 109 cm³/mol. The lowest BCUT2D eigenvalue weighted by atomic mass is 9.46. The van der Waals surface area contributed by atoms with Crippen molar-refractivity contribution in [1.29, 1.82) is 0 Å². The van der Waals surface area contributed by atoms with Crippen LogP contribution in [0.15, 0.2) is 23.8 Å². The van der Waals surface area contributed by atoms with Crippen LogP contribution < -0.4 is 0 Å². The van der Waals surface area contributed by atoms with Crippen LogP contribution in [-0.4, -0.2) is 58.2 Å². The van der Waals surface area contributed by atoms with E-state index in [1.54, 1.807) is 19.9 Å². The molecule has 4 aliphatic carbocycles. The molecule has 0 radical (unpaired) electrons. The van der Waals surface area contributed by atoms with E-state index in [2.05, 4.69) is 0 Å². The van der Waals surface area contributed by atoms with Crippen molar-refractivity contribution >= 4 is 11.6 Å². The van der Waals surface area contributed by atoms with Crippen LogP contribution >= 0.6 is 0 Å². The van der Waals surface area contributed by atoms with E-state index >= 15 is 4.39 Å². The van der Waals surface area contributed by atoms with Gasteiger partial charge in [0.05, 0.1) is 12.2 Å². The molecule has 9 atom stereocenters. The average Bonchev–Trinajstić information content (AvgIpc) is 3.08. The molecule has 6 nitrogen and oxygen atoms in total. The number of Topliss-reactive ketones (excluding diaryl/α,β-unsaturated/α-hetero) is 1. The third-order valence-corrected chi connectivity index (χ3v) is 9.03. The van der Waals surface area contributed by atoms with Gasteiger partial charge in [-0.1, -0.05) is 19.9 Å². The highest BCUT2D eigenvalue weighted by molar-refractivity contribution is 6.01. The minimum absolute atomic E-state index is 0.125. The summed E-state index contributed by atoms with van der Waals surface area (Å²) in [5.41, 5.74) is -2.50. The first-order valence-corrected chi connectivity index (χ1v) is 11.2. The maximum atomic E-state index is 15.4. The second kappa shape index (κ2) is 6.34. The van der Waals surface area contributed by atoms with Gasteiger partial charge in [0.1, 0.15) is 12.8 Å². The van der Waals surface area contributed by atoms with Crippen molar-refractivity contribution in [3.8, 4) is 0 Å². The summed E-state index contributed by atoms with van der Waals surface area (Å²) in [6, 6.07) is 0. The third kappa shape index (κ3) is 2.52.